The summed E-state index contributed by atoms with van der Waals surface area (Å²) in [5.74, 6) is -0.223. The summed E-state index contributed by atoms with van der Waals surface area (Å²) >= 11 is 7.50. The van der Waals surface area contributed by atoms with Crippen molar-refractivity contribution in [2.24, 2.45) is 0 Å². The van der Waals surface area contributed by atoms with E-state index in [0.29, 0.717) is 23.8 Å². The van der Waals surface area contributed by atoms with E-state index >= 15 is 0 Å². The van der Waals surface area contributed by atoms with Gasteiger partial charge in [0.15, 0.2) is 0 Å². The predicted octanol–water partition coefficient (Wildman–Crippen LogP) is 4.20. The summed E-state index contributed by atoms with van der Waals surface area (Å²) in [7, 11) is 0. The van der Waals surface area contributed by atoms with Crippen LogP contribution in [-0.4, -0.2) is 35.0 Å². The summed E-state index contributed by atoms with van der Waals surface area (Å²) in [5, 5.41) is 2.92. The van der Waals surface area contributed by atoms with Crippen molar-refractivity contribution in [3.8, 4) is 0 Å². The van der Waals surface area contributed by atoms with Gasteiger partial charge in [-0.05, 0) is 24.1 Å². The van der Waals surface area contributed by atoms with Crippen molar-refractivity contribution in [3.05, 3.63) is 69.9 Å². The molecule has 1 fully saturated rings. The number of carbonyl (C=O) groups is 2. The molecule has 0 bridgehead atoms. The standard InChI is InChI=1S/C20H22ClN3O2S/c1-3-12-23(13-16-10-11-17(21)27-16)14-24-18(25)20(4-2,22-19(24)26)15-8-6-5-7-9-15/h3,5-11H,1,4,12-14H2,2H3,(H,22,26)/t20-/m1/s1. The average molecular weight is 404 g/mol. The Labute approximate surface area is 168 Å². The predicted molar refractivity (Wildman–Crippen MR) is 109 cm³/mol. The molecule has 0 radical (unpaired) electrons. The smallest absolute Gasteiger partial charge is 0.319 e. The Bertz CT molecular complexity index is 839. The first kappa shape index (κ1) is 19.6. The maximum absolute atomic E-state index is 13.2. The Kier molecular flexibility index (Phi) is 5.99. The first-order valence-electron chi connectivity index (χ1n) is 8.77. The Morgan fingerprint density at radius 3 is 2.59 bits per heavy atom. The molecular weight excluding hydrogens is 382 g/mol. The zero-order chi connectivity index (χ0) is 19.4. The highest BCUT2D eigenvalue weighted by Gasteiger charge is 2.51. The molecule has 0 saturated carbocycles. The van der Waals surface area contributed by atoms with E-state index in [1.54, 1.807) is 6.08 Å². The fraction of sp³-hybridized carbons (Fsp3) is 0.300. The number of hydrogen-bond donors (Lipinski definition) is 1. The molecular formula is C20H22ClN3O2S. The topological polar surface area (TPSA) is 52.6 Å². The molecule has 1 aromatic carbocycles. The van der Waals surface area contributed by atoms with Crippen molar-refractivity contribution >= 4 is 34.9 Å². The van der Waals surface area contributed by atoms with Crippen LogP contribution in [0, 0.1) is 0 Å². The lowest BCUT2D eigenvalue weighted by molar-refractivity contribution is -0.133. The number of amides is 3. The fourth-order valence-corrected chi connectivity index (χ4v) is 4.46. The number of benzene rings is 1. The van der Waals surface area contributed by atoms with E-state index in [-0.39, 0.29) is 18.6 Å². The summed E-state index contributed by atoms with van der Waals surface area (Å²) < 4.78 is 0.715. The molecule has 0 spiro atoms. The number of carbonyl (C=O) groups excluding carboxylic acids is 2. The fourth-order valence-electron chi connectivity index (χ4n) is 3.33. The second-order valence-corrected chi connectivity index (χ2v) is 8.24. The van der Waals surface area contributed by atoms with Crippen LogP contribution in [0.5, 0.6) is 0 Å². The van der Waals surface area contributed by atoms with Crippen molar-refractivity contribution in [2.75, 3.05) is 13.2 Å². The van der Waals surface area contributed by atoms with Gasteiger partial charge in [0.1, 0.15) is 5.54 Å². The molecule has 1 aliphatic heterocycles. The molecule has 3 amide bonds. The van der Waals surface area contributed by atoms with Crippen LogP contribution in [0.3, 0.4) is 0 Å². The van der Waals surface area contributed by atoms with E-state index in [9.17, 15) is 9.59 Å². The third-order valence-corrected chi connectivity index (χ3v) is 5.93. The quantitative estimate of drug-likeness (QED) is 0.530. The third kappa shape index (κ3) is 3.93. The van der Waals surface area contributed by atoms with Crippen molar-refractivity contribution in [1.82, 2.24) is 15.1 Å². The molecule has 27 heavy (non-hydrogen) atoms. The van der Waals surface area contributed by atoms with Crippen LogP contribution in [0.4, 0.5) is 4.79 Å². The van der Waals surface area contributed by atoms with Gasteiger partial charge in [-0.3, -0.25) is 9.69 Å². The molecule has 1 saturated heterocycles. The number of nitrogens with zero attached hydrogens (tertiary/aromatic N) is 2. The van der Waals surface area contributed by atoms with Crippen molar-refractivity contribution in [3.63, 3.8) is 0 Å². The zero-order valence-electron chi connectivity index (χ0n) is 15.2. The van der Waals surface area contributed by atoms with Crippen LogP contribution in [0.15, 0.2) is 55.1 Å². The first-order chi connectivity index (χ1) is 13.0. The van der Waals surface area contributed by atoms with E-state index in [2.05, 4.69) is 11.9 Å². The van der Waals surface area contributed by atoms with Gasteiger partial charge < -0.3 is 5.32 Å². The Morgan fingerprint density at radius 2 is 2.00 bits per heavy atom. The molecule has 1 aromatic heterocycles. The number of imide groups is 1. The summed E-state index contributed by atoms with van der Waals surface area (Å²) in [6, 6.07) is 12.8. The lowest BCUT2D eigenvalue weighted by atomic mass is 9.87. The lowest BCUT2D eigenvalue weighted by Crippen LogP contribution is -2.45. The normalized spacial score (nSPS) is 19.6. The maximum atomic E-state index is 13.2. The maximum Gasteiger partial charge on any atom is 0.326 e. The molecule has 1 N–H and O–H groups in total. The van der Waals surface area contributed by atoms with Gasteiger partial charge in [-0.2, -0.15) is 0 Å². The van der Waals surface area contributed by atoms with Gasteiger partial charge in [-0.25, -0.2) is 9.69 Å². The second kappa shape index (κ2) is 8.25. The highest BCUT2D eigenvalue weighted by atomic mass is 35.5. The van der Waals surface area contributed by atoms with Crippen molar-refractivity contribution in [1.29, 1.82) is 0 Å². The SMILES string of the molecule is C=CCN(Cc1ccc(Cl)s1)CN1C(=O)N[C@](CC)(c2ccccc2)C1=O. The van der Waals surface area contributed by atoms with Gasteiger partial charge in [0.05, 0.1) is 11.0 Å². The highest BCUT2D eigenvalue weighted by molar-refractivity contribution is 7.16. The number of halogens is 1. The van der Waals surface area contributed by atoms with Gasteiger partial charge >= 0.3 is 6.03 Å². The molecule has 0 aliphatic carbocycles. The number of rotatable bonds is 8. The average Bonchev–Trinajstić information content (AvgIpc) is 3.18. The number of thiophene rings is 1. The molecule has 5 nitrogen and oxygen atoms in total. The molecule has 1 aliphatic rings. The Morgan fingerprint density at radius 1 is 1.26 bits per heavy atom. The summed E-state index contributed by atoms with van der Waals surface area (Å²) in [6.07, 6.45) is 2.25. The summed E-state index contributed by atoms with van der Waals surface area (Å²) in [6.45, 7) is 7.03. The van der Waals surface area contributed by atoms with Crippen LogP contribution >= 0.6 is 22.9 Å². The summed E-state index contributed by atoms with van der Waals surface area (Å²) in [4.78, 5) is 30.2. The van der Waals surface area contributed by atoms with E-state index in [0.717, 1.165) is 10.4 Å². The van der Waals surface area contributed by atoms with E-state index in [1.165, 1.54) is 16.2 Å². The minimum Gasteiger partial charge on any atom is -0.319 e. The number of hydrogen-bond acceptors (Lipinski definition) is 4. The molecule has 7 heteroatoms. The van der Waals surface area contributed by atoms with E-state index in [1.807, 2.05) is 54.3 Å². The molecule has 142 valence electrons. The van der Waals surface area contributed by atoms with Crippen LogP contribution in [-0.2, 0) is 16.9 Å². The van der Waals surface area contributed by atoms with Crippen molar-refractivity contribution < 1.29 is 9.59 Å². The minimum absolute atomic E-state index is 0.195. The monoisotopic (exact) mass is 403 g/mol. The number of urea groups is 1. The van der Waals surface area contributed by atoms with Crippen LogP contribution in [0.2, 0.25) is 4.34 Å². The van der Waals surface area contributed by atoms with Gasteiger partial charge in [-0.15, -0.1) is 17.9 Å². The second-order valence-electron chi connectivity index (χ2n) is 6.44. The Balaban J connectivity index is 1.81. The van der Waals surface area contributed by atoms with Crippen LogP contribution in [0.25, 0.3) is 0 Å². The summed E-state index contributed by atoms with van der Waals surface area (Å²) in [5.41, 5.74) is -0.210. The molecule has 2 heterocycles. The zero-order valence-corrected chi connectivity index (χ0v) is 16.7. The minimum atomic E-state index is -1.01. The van der Waals surface area contributed by atoms with Gasteiger partial charge in [0.2, 0.25) is 0 Å². The molecule has 1 atom stereocenters. The lowest BCUT2D eigenvalue weighted by Gasteiger charge is -2.28. The Hall–Kier alpha value is -2.15. The van der Waals surface area contributed by atoms with Gasteiger partial charge in [0, 0.05) is 18.0 Å². The van der Waals surface area contributed by atoms with Gasteiger partial charge in [0.25, 0.3) is 5.91 Å². The molecule has 0 unspecified atom stereocenters. The van der Waals surface area contributed by atoms with Crippen LogP contribution < -0.4 is 5.32 Å². The third-order valence-electron chi connectivity index (χ3n) is 4.71. The largest absolute Gasteiger partial charge is 0.326 e. The van der Waals surface area contributed by atoms with E-state index in [4.69, 9.17) is 11.6 Å². The van der Waals surface area contributed by atoms with Crippen LogP contribution in [0.1, 0.15) is 23.8 Å². The highest BCUT2D eigenvalue weighted by Crippen LogP contribution is 2.32. The first-order valence-corrected chi connectivity index (χ1v) is 9.96. The number of nitrogens with one attached hydrogen (secondary N) is 1. The molecule has 3 rings (SSSR count). The molecule has 2 aromatic rings. The van der Waals surface area contributed by atoms with E-state index < -0.39 is 5.54 Å². The van der Waals surface area contributed by atoms with Gasteiger partial charge in [-0.1, -0.05) is 54.9 Å². The van der Waals surface area contributed by atoms with Crippen molar-refractivity contribution in [2.45, 2.75) is 25.4 Å².